The van der Waals surface area contributed by atoms with Crippen LogP contribution in [0.3, 0.4) is 0 Å². The van der Waals surface area contributed by atoms with Gasteiger partial charge in [0.05, 0.1) is 7.11 Å². The molecule has 17 heavy (non-hydrogen) atoms. The van der Waals surface area contributed by atoms with Gasteiger partial charge in [0.15, 0.2) is 6.10 Å². The minimum Gasteiger partial charge on any atom is -0.467 e. The molecular weight excluding hydrogens is 288 g/mol. The van der Waals surface area contributed by atoms with Crippen LogP contribution >= 0.6 is 15.9 Å². The summed E-state index contributed by atoms with van der Waals surface area (Å²) in [5.41, 5.74) is 2.14. The molecule has 0 bridgehead atoms. The first-order valence-corrected chi connectivity index (χ1v) is 5.88. The molecule has 1 rings (SSSR count). The van der Waals surface area contributed by atoms with Gasteiger partial charge in [-0.1, -0.05) is 15.9 Å². The van der Waals surface area contributed by atoms with Gasteiger partial charge in [0.2, 0.25) is 0 Å². The van der Waals surface area contributed by atoms with E-state index in [0.29, 0.717) is 5.56 Å². The van der Waals surface area contributed by atoms with E-state index in [-0.39, 0.29) is 0 Å². The van der Waals surface area contributed by atoms with E-state index >= 15 is 0 Å². The highest BCUT2D eigenvalue weighted by molar-refractivity contribution is 9.10. The van der Waals surface area contributed by atoms with Crippen LogP contribution in [0.4, 0.5) is 0 Å². The number of hydrogen-bond acceptors (Lipinski definition) is 4. The van der Waals surface area contributed by atoms with Crippen molar-refractivity contribution in [3.05, 3.63) is 33.3 Å². The molecule has 0 amide bonds. The first-order chi connectivity index (χ1) is 7.88. The zero-order valence-corrected chi connectivity index (χ0v) is 11.5. The Labute approximate surface area is 108 Å². The number of esters is 1. The second-order valence-electron chi connectivity index (χ2n) is 3.87. The maximum absolute atomic E-state index is 11.2. The van der Waals surface area contributed by atoms with Crippen molar-refractivity contribution in [3.63, 3.8) is 0 Å². The second-order valence-corrected chi connectivity index (χ2v) is 4.78. The van der Waals surface area contributed by atoms with Crippen LogP contribution < -0.4 is 0 Å². The quantitative estimate of drug-likeness (QED) is 0.833. The van der Waals surface area contributed by atoms with Crippen LogP contribution in [0.2, 0.25) is 0 Å². The number of aryl methyl sites for hydroxylation is 2. The fraction of sp³-hybridized carbons (Fsp3) is 0.417. The smallest absolute Gasteiger partial charge is 0.337 e. The fourth-order valence-corrected chi connectivity index (χ4v) is 2.48. The Kier molecular flexibility index (Phi) is 4.68. The molecule has 0 aliphatic carbocycles. The number of carbonyl (C=O) groups is 1. The summed E-state index contributed by atoms with van der Waals surface area (Å²) >= 11 is 3.34. The van der Waals surface area contributed by atoms with Crippen molar-refractivity contribution in [1.82, 2.24) is 0 Å². The van der Waals surface area contributed by atoms with E-state index in [4.69, 9.17) is 0 Å². The van der Waals surface area contributed by atoms with E-state index in [1.165, 1.54) is 7.11 Å². The van der Waals surface area contributed by atoms with Crippen molar-refractivity contribution in [2.24, 2.45) is 0 Å². The molecule has 2 unspecified atom stereocenters. The second kappa shape index (κ2) is 5.62. The Bertz CT molecular complexity index is 408. The lowest BCUT2D eigenvalue weighted by Crippen LogP contribution is -2.29. The van der Waals surface area contributed by atoms with Gasteiger partial charge in [0.25, 0.3) is 0 Å². The Balaban J connectivity index is 3.12. The van der Waals surface area contributed by atoms with Crippen LogP contribution in [0.15, 0.2) is 16.6 Å². The Morgan fingerprint density at radius 1 is 1.29 bits per heavy atom. The number of aliphatic hydroxyl groups is 2. The fourth-order valence-electron chi connectivity index (χ4n) is 1.80. The first-order valence-electron chi connectivity index (χ1n) is 5.09. The number of halogens is 1. The molecule has 0 radical (unpaired) electrons. The van der Waals surface area contributed by atoms with Gasteiger partial charge in [0, 0.05) is 4.47 Å². The van der Waals surface area contributed by atoms with Crippen molar-refractivity contribution in [1.29, 1.82) is 0 Å². The SMILES string of the molecule is COC(=O)C(O)C(O)c1c(C)cc(Br)cc1C. The van der Waals surface area contributed by atoms with Gasteiger partial charge in [-0.25, -0.2) is 4.79 Å². The summed E-state index contributed by atoms with van der Waals surface area (Å²) < 4.78 is 5.29. The lowest BCUT2D eigenvalue weighted by atomic mass is 9.95. The Morgan fingerprint density at radius 2 is 1.76 bits per heavy atom. The van der Waals surface area contributed by atoms with Gasteiger partial charge in [-0.3, -0.25) is 0 Å². The molecule has 2 atom stereocenters. The summed E-state index contributed by atoms with van der Waals surface area (Å²) in [6.07, 6.45) is -2.85. The Morgan fingerprint density at radius 3 is 2.18 bits per heavy atom. The third-order valence-corrected chi connectivity index (χ3v) is 3.05. The average molecular weight is 303 g/mol. The number of hydrogen-bond donors (Lipinski definition) is 2. The van der Waals surface area contributed by atoms with Crippen LogP contribution in [-0.2, 0) is 9.53 Å². The summed E-state index contributed by atoms with van der Waals surface area (Å²) in [6, 6.07) is 3.63. The van der Waals surface area contributed by atoms with E-state index in [0.717, 1.165) is 15.6 Å². The number of rotatable bonds is 3. The molecule has 5 heteroatoms. The molecule has 94 valence electrons. The standard InChI is InChI=1S/C12H15BrO4/c1-6-4-8(13)5-7(2)9(6)10(14)11(15)12(16)17-3/h4-5,10-11,14-15H,1-3H3. The number of carbonyl (C=O) groups excluding carboxylic acids is 1. The normalized spacial score (nSPS) is 14.2. The van der Waals surface area contributed by atoms with E-state index < -0.39 is 18.2 Å². The molecular formula is C12H15BrO4. The van der Waals surface area contributed by atoms with E-state index in [2.05, 4.69) is 20.7 Å². The van der Waals surface area contributed by atoms with Crippen LogP contribution in [0, 0.1) is 13.8 Å². The van der Waals surface area contributed by atoms with Crippen LogP contribution in [0.5, 0.6) is 0 Å². The minimum absolute atomic E-state index is 0.547. The van der Waals surface area contributed by atoms with Crippen LogP contribution in [0.25, 0.3) is 0 Å². The highest BCUT2D eigenvalue weighted by atomic mass is 79.9. The zero-order valence-electron chi connectivity index (χ0n) is 9.90. The molecule has 0 aliphatic heterocycles. The van der Waals surface area contributed by atoms with E-state index in [1.54, 1.807) is 13.8 Å². The summed E-state index contributed by atoms with van der Waals surface area (Å²) in [5.74, 6) is -0.848. The highest BCUT2D eigenvalue weighted by Crippen LogP contribution is 2.28. The lowest BCUT2D eigenvalue weighted by Gasteiger charge is -2.20. The summed E-state index contributed by atoms with van der Waals surface area (Å²) in [7, 11) is 1.17. The maximum atomic E-state index is 11.2. The lowest BCUT2D eigenvalue weighted by molar-refractivity contribution is -0.156. The molecule has 1 aromatic rings. The van der Waals surface area contributed by atoms with E-state index in [9.17, 15) is 15.0 Å². The third kappa shape index (κ3) is 3.06. The molecule has 0 spiro atoms. The monoisotopic (exact) mass is 302 g/mol. The van der Waals surface area contributed by atoms with Crippen LogP contribution in [-0.4, -0.2) is 29.4 Å². The van der Waals surface area contributed by atoms with Gasteiger partial charge in [-0.05, 0) is 42.7 Å². The largest absolute Gasteiger partial charge is 0.467 e. The maximum Gasteiger partial charge on any atom is 0.337 e. The molecule has 0 heterocycles. The summed E-state index contributed by atoms with van der Waals surface area (Å²) in [5, 5.41) is 19.6. The topological polar surface area (TPSA) is 66.8 Å². The van der Waals surface area contributed by atoms with E-state index in [1.807, 2.05) is 12.1 Å². The third-order valence-electron chi connectivity index (χ3n) is 2.60. The summed E-state index contributed by atoms with van der Waals surface area (Å²) in [6.45, 7) is 3.61. The Hall–Kier alpha value is -0.910. The van der Waals surface area contributed by atoms with Crippen molar-refractivity contribution in [2.75, 3.05) is 7.11 Å². The average Bonchev–Trinajstić information content (AvgIpc) is 2.25. The molecule has 1 aromatic carbocycles. The van der Waals surface area contributed by atoms with Crippen LogP contribution in [0.1, 0.15) is 22.8 Å². The first kappa shape index (κ1) is 14.2. The summed E-state index contributed by atoms with van der Waals surface area (Å²) in [4.78, 5) is 11.2. The molecule has 0 fully saturated rings. The van der Waals surface area contributed by atoms with Gasteiger partial charge < -0.3 is 14.9 Å². The molecule has 0 aromatic heterocycles. The predicted molar refractivity (Wildman–Crippen MR) is 66.6 cm³/mol. The molecule has 2 N–H and O–H groups in total. The molecule has 0 aliphatic rings. The van der Waals surface area contributed by atoms with Crippen molar-refractivity contribution in [2.45, 2.75) is 26.1 Å². The number of aliphatic hydroxyl groups excluding tert-OH is 2. The van der Waals surface area contributed by atoms with Crippen molar-refractivity contribution in [3.8, 4) is 0 Å². The van der Waals surface area contributed by atoms with Gasteiger partial charge in [-0.2, -0.15) is 0 Å². The number of benzene rings is 1. The predicted octanol–water partition coefficient (Wildman–Crippen LogP) is 1.63. The highest BCUT2D eigenvalue weighted by Gasteiger charge is 2.28. The van der Waals surface area contributed by atoms with Gasteiger partial charge in [0.1, 0.15) is 6.10 Å². The number of methoxy groups -OCH3 is 1. The van der Waals surface area contributed by atoms with Crippen molar-refractivity contribution < 1.29 is 19.7 Å². The molecule has 4 nitrogen and oxygen atoms in total. The molecule has 0 saturated carbocycles. The zero-order chi connectivity index (χ0) is 13.2. The minimum atomic E-state index is -1.57. The van der Waals surface area contributed by atoms with Gasteiger partial charge >= 0.3 is 5.97 Å². The van der Waals surface area contributed by atoms with Gasteiger partial charge in [-0.15, -0.1) is 0 Å². The van der Waals surface area contributed by atoms with Crippen molar-refractivity contribution >= 4 is 21.9 Å². The molecule has 0 saturated heterocycles. The number of ether oxygens (including phenoxy) is 1.